The van der Waals surface area contributed by atoms with Crippen LogP contribution in [-0.4, -0.2) is 10.5 Å². The van der Waals surface area contributed by atoms with Gasteiger partial charge in [0.1, 0.15) is 5.69 Å². The Hall–Kier alpha value is -0.110. The van der Waals surface area contributed by atoms with Crippen LogP contribution in [0, 0.1) is 0 Å². The summed E-state index contributed by atoms with van der Waals surface area (Å²) >= 11 is 13.7. The van der Waals surface area contributed by atoms with E-state index < -0.39 is 0 Å². The van der Waals surface area contributed by atoms with Gasteiger partial charge in [-0.15, -0.1) is 0 Å². The molecule has 20 heavy (non-hydrogen) atoms. The second-order valence-electron chi connectivity index (χ2n) is 4.03. The van der Waals surface area contributed by atoms with Crippen molar-refractivity contribution < 1.29 is 4.79 Å². The van der Waals surface area contributed by atoms with Crippen molar-refractivity contribution in [2.45, 2.75) is 13.5 Å². The van der Waals surface area contributed by atoms with E-state index in [0.29, 0.717) is 11.4 Å². The molecule has 0 aliphatic heterocycles. The number of amides is 1. The van der Waals surface area contributed by atoms with E-state index in [1.54, 1.807) is 6.07 Å². The lowest BCUT2D eigenvalue weighted by molar-refractivity contribution is 0.101. The predicted molar refractivity (Wildman–Crippen MR) is 95.3 cm³/mol. The van der Waals surface area contributed by atoms with Gasteiger partial charge in [-0.1, -0.05) is 15.9 Å². The van der Waals surface area contributed by atoms with Crippen LogP contribution in [-0.2, 0) is 6.54 Å². The lowest BCUT2D eigenvalue weighted by atomic mass is 10.3. The summed E-state index contributed by atoms with van der Waals surface area (Å²) in [6.45, 7) is 2.73. The minimum atomic E-state index is -0.152. The molecule has 0 aliphatic carbocycles. The molecule has 1 N–H and O–H groups in total. The van der Waals surface area contributed by atoms with Crippen molar-refractivity contribution in [2.75, 3.05) is 5.32 Å². The van der Waals surface area contributed by atoms with E-state index in [1.807, 2.05) is 29.8 Å². The van der Waals surface area contributed by atoms with Gasteiger partial charge in [0.05, 0.1) is 5.69 Å². The highest BCUT2D eigenvalue weighted by Gasteiger charge is 2.15. The molecule has 1 heterocycles. The predicted octanol–water partition coefficient (Wildman–Crippen LogP) is 5.81. The summed E-state index contributed by atoms with van der Waals surface area (Å²) in [5.74, 6) is -0.152. The van der Waals surface area contributed by atoms with Crippen molar-refractivity contribution in [2.24, 2.45) is 0 Å². The van der Waals surface area contributed by atoms with Crippen molar-refractivity contribution in [3.8, 4) is 0 Å². The number of nitrogens with one attached hydrogen (secondary N) is 1. The van der Waals surface area contributed by atoms with Crippen LogP contribution in [0.3, 0.4) is 0 Å². The summed E-state index contributed by atoms with van der Waals surface area (Å²) in [6, 6.07) is 5.57. The van der Waals surface area contributed by atoms with Crippen LogP contribution in [0.25, 0.3) is 0 Å². The highest BCUT2D eigenvalue weighted by atomic mass is 79.9. The maximum Gasteiger partial charge on any atom is 0.272 e. The van der Waals surface area contributed by atoms with E-state index in [-0.39, 0.29) is 5.91 Å². The summed E-state index contributed by atoms with van der Waals surface area (Å²) in [5.41, 5.74) is 1.32. The summed E-state index contributed by atoms with van der Waals surface area (Å²) in [6.07, 6.45) is 1.89. The second kappa shape index (κ2) is 6.77. The van der Waals surface area contributed by atoms with Gasteiger partial charge < -0.3 is 9.88 Å². The Bertz CT molecular complexity index is 643. The third kappa shape index (κ3) is 3.55. The fraction of sp³-hybridized carbons (Fsp3) is 0.154. The van der Waals surface area contributed by atoms with Crippen molar-refractivity contribution >= 4 is 75.3 Å². The summed E-state index contributed by atoms with van der Waals surface area (Å²) in [5, 5.41) is 2.91. The number of benzene rings is 1. The number of aryl methyl sites for hydroxylation is 1. The van der Waals surface area contributed by atoms with E-state index >= 15 is 0 Å². The number of halogens is 4. The smallest absolute Gasteiger partial charge is 0.272 e. The topological polar surface area (TPSA) is 34.0 Å². The molecule has 1 aromatic carbocycles. The Labute approximate surface area is 150 Å². The molecule has 0 radical (unpaired) electrons. The quantitative estimate of drug-likeness (QED) is 0.535. The first kappa shape index (κ1) is 16.3. The number of nitrogens with zero attached hydrogens (tertiary/aromatic N) is 1. The van der Waals surface area contributed by atoms with Gasteiger partial charge in [0, 0.05) is 30.6 Å². The van der Waals surface area contributed by atoms with Crippen LogP contribution < -0.4 is 5.32 Å². The molecule has 0 unspecified atom stereocenters. The molecule has 106 valence electrons. The third-order valence-electron chi connectivity index (χ3n) is 2.68. The van der Waals surface area contributed by atoms with Gasteiger partial charge in [0.25, 0.3) is 5.91 Å². The molecule has 0 atom stereocenters. The minimum Gasteiger partial charge on any atom is -0.343 e. The van der Waals surface area contributed by atoms with E-state index in [0.717, 1.165) is 24.4 Å². The average Bonchev–Trinajstić information content (AvgIpc) is 2.75. The zero-order valence-electron chi connectivity index (χ0n) is 10.4. The van der Waals surface area contributed by atoms with Crippen molar-refractivity contribution in [3.05, 3.63) is 48.0 Å². The van der Waals surface area contributed by atoms with Gasteiger partial charge in [0.2, 0.25) is 0 Å². The van der Waals surface area contributed by atoms with Crippen LogP contribution in [0.5, 0.6) is 0 Å². The fourth-order valence-electron chi connectivity index (χ4n) is 1.77. The van der Waals surface area contributed by atoms with E-state index in [1.165, 1.54) is 0 Å². The lowest BCUT2D eigenvalue weighted by Crippen LogP contribution is -2.17. The first-order valence-corrected chi connectivity index (χ1v) is 8.91. The van der Waals surface area contributed by atoms with Gasteiger partial charge in [-0.3, -0.25) is 4.79 Å². The van der Waals surface area contributed by atoms with Gasteiger partial charge >= 0.3 is 0 Å². The van der Waals surface area contributed by atoms with Crippen molar-refractivity contribution in [1.29, 1.82) is 0 Å². The van der Waals surface area contributed by atoms with Crippen molar-refractivity contribution in [3.63, 3.8) is 0 Å². The molecule has 0 bridgehead atoms. The maximum atomic E-state index is 12.4. The molecular weight excluding hydrogens is 520 g/mol. The Balaban J connectivity index is 2.32. The molecular formula is C13H10Br4N2O. The molecule has 0 aliphatic rings. The zero-order chi connectivity index (χ0) is 14.9. The Morgan fingerprint density at radius 2 is 1.70 bits per heavy atom. The Kier molecular flexibility index (Phi) is 5.50. The van der Waals surface area contributed by atoms with E-state index in [4.69, 9.17) is 0 Å². The largest absolute Gasteiger partial charge is 0.343 e. The minimum absolute atomic E-state index is 0.152. The van der Waals surface area contributed by atoms with Gasteiger partial charge in [-0.05, 0) is 72.9 Å². The van der Waals surface area contributed by atoms with Crippen LogP contribution in [0.4, 0.5) is 5.69 Å². The molecule has 0 fully saturated rings. The zero-order valence-corrected chi connectivity index (χ0v) is 16.7. The van der Waals surface area contributed by atoms with Gasteiger partial charge in [-0.2, -0.15) is 0 Å². The van der Waals surface area contributed by atoms with Crippen LogP contribution in [0.1, 0.15) is 17.4 Å². The van der Waals surface area contributed by atoms with Crippen LogP contribution >= 0.6 is 63.7 Å². The summed E-state index contributed by atoms with van der Waals surface area (Å²) < 4.78 is 5.31. The fourth-order valence-corrected chi connectivity index (χ4v) is 4.69. The first-order valence-electron chi connectivity index (χ1n) is 5.74. The van der Waals surface area contributed by atoms with E-state index in [2.05, 4.69) is 69.0 Å². The molecule has 0 saturated carbocycles. The van der Waals surface area contributed by atoms with Gasteiger partial charge in [0.15, 0.2) is 0 Å². The molecule has 0 saturated heterocycles. The molecule has 1 amide bonds. The standard InChI is InChI=1S/C13H10Br4N2O/c1-2-19-6-8(15)5-11(19)13(20)18-12-9(16)3-7(14)4-10(12)17/h3-6H,2H2,1H3,(H,18,20). The highest BCUT2D eigenvalue weighted by molar-refractivity contribution is 9.11. The number of rotatable bonds is 3. The molecule has 2 aromatic rings. The summed E-state index contributed by atoms with van der Waals surface area (Å²) in [7, 11) is 0. The molecule has 1 aromatic heterocycles. The average molecular weight is 530 g/mol. The van der Waals surface area contributed by atoms with E-state index in [9.17, 15) is 4.79 Å². The number of carbonyl (C=O) groups excluding carboxylic acids is 1. The third-order valence-corrected chi connectivity index (χ3v) is 4.82. The normalized spacial score (nSPS) is 10.7. The summed E-state index contributed by atoms with van der Waals surface area (Å²) in [4.78, 5) is 12.4. The number of carbonyl (C=O) groups is 1. The highest BCUT2D eigenvalue weighted by Crippen LogP contribution is 2.34. The molecule has 7 heteroatoms. The maximum absolute atomic E-state index is 12.4. The first-order chi connectivity index (χ1) is 9.42. The van der Waals surface area contributed by atoms with Crippen LogP contribution in [0.15, 0.2) is 42.3 Å². The number of hydrogen-bond acceptors (Lipinski definition) is 1. The van der Waals surface area contributed by atoms with Crippen LogP contribution in [0.2, 0.25) is 0 Å². The Morgan fingerprint density at radius 3 is 2.25 bits per heavy atom. The molecule has 3 nitrogen and oxygen atoms in total. The Morgan fingerprint density at radius 1 is 1.10 bits per heavy atom. The monoisotopic (exact) mass is 526 g/mol. The second-order valence-corrected chi connectivity index (χ2v) is 7.57. The lowest BCUT2D eigenvalue weighted by Gasteiger charge is -2.11. The number of hydrogen-bond donors (Lipinski definition) is 1. The number of aromatic nitrogens is 1. The molecule has 2 rings (SSSR count). The molecule has 0 spiro atoms. The van der Waals surface area contributed by atoms with Crippen molar-refractivity contribution in [1.82, 2.24) is 4.57 Å². The SMILES string of the molecule is CCn1cc(Br)cc1C(=O)Nc1c(Br)cc(Br)cc1Br. The number of anilines is 1. The van der Waals surface area contributed by atoms with Gasteiger partial charge in [-0.25, -0.2) is 0 Å².